The van der Waals surface area contributed by atoms with Crippen LogP contribution in [-0.4, -0.2) is 4.92 Å². The molecular weight excluding hydrogens is 241 g/mol. The highest BCUT2D eigenvalue weighted by Crippen LogP contribution is 2.27. The van der Waals surface area contributed by atoms with Gasteiger partial charge in [-0.15, -0.1) is 0 Å². The number of nitro benzene ring substituents is 1. The summed E-state index contributed by atoms with van der Waals surface area (Å²) in [5, 5.41) is 10.7. The highest BCUT2D eigenvalue weighted by Gasteiger charge is 2.19. The highest BCUT2D eigenvalue weighted by molar-refractivity contribution is 9.08. The van der Waals surface area contributed by atoms with Gasteiger partial charge >= 0.3 is 0 Å². The minimum atomic E-state index is -0.561. The molecule has 3 nitrogen and oxygen atoms in total. The predicted octanol–water partition coefficient (Wildman–Crippen LogP) is 2.94. The molecule has 0 atom stereocenters. The van der Waals surface area contributed by atoms with E-state index in [0.717, 1.165) is 0 Å². The number of nitro groups is 1. The maximum absolute atomic E-state index is 13.1. The smallest absolute Gasteiger partial charge is 0.258 e. The molecule has 0 fully saturated rings. The number of hydrogen-bond acceptors (Lipinski definition) is 2. The molecular formula is C8H7BrFNO2. The Hall–Kier alpha value is -0.970. The van der Waals surface area contributed by atoms with E-state index >= 15 is 0 Å². The summed E-state index contributed by atoms with van der Waals surface area (Å²) in [6.45, 7) is 1.59. The van der Waals surface area contributed by atoms with E-state index in [4.69, 9.17) is 0 Å². The van der Waals surface area contributed by atoms with Crippen LogP contribution in [0.1, 0.15) is 11.1 Å². The Labute approximate surface area is 82.8 Å². The van der Waals surface area contributed by atoms with Gasteiger partial charge in [-0.25, -0.2) is 4.39 Å². The first-order valence-electron chi connectivity index (χ1n) is 3.56. The first-order chi connectivity index (χ1) is 6.07. The summed E-state index contributed by atoms with van der Waals surface area (Å²) in [5.41, 5.74) is 0.433. The average molecular weight is 248 g/mol. The molecule has 0 aliphatic carbocycles. The minimum Gasteiger partial charge on any atom is -0.258 e. The maximum Gasteiger partial charge on any atom is 0.279 e. The van der Waals surface area contributed by atoms with E-state index in [1.807, 2.05) is 0 Å². The van der Waals surface area contributed by atoms with E-state index < -0.39 is 10.7 Å². The third-order valence-corrected chi connectivity index (χ3v) is 2.30. The van der Waals surface area contributed by atoms with Gasteiger partial charge in [0, 0.05) is 10.9 Å². The van der Waals surface area contributed by atoms with Gasteiger partial charge in [0.05, 0.1) is 10.5 Å². The summed E-state index contributed by atoms with van der Waals surface area (Å²) in [6.07, 6.45) is 0. The molecule has 0 aliphatic heterocycles. The number of nitrogens with zero attached hydrogens (tertiary/aromatic N) is 1. The molecule has 0 unspecified atom stereocenters. The Kier molecular flexibility index (Phi) is 2.98. The van der Waals surface area contributed by atoms with Crippen LogP contribution in [0.15, 0.2) is 12.1 Å². The van der Waals surface area contributed by atoms with Gasteiger partial charge < -0.3 is 0 Å². The van der Waals surface area contributed by atoms with Crippen molar-refractivity contribution < 1.29 is 9.31 Å². The van der Waals surface area contributed by atoms with Gasteiger partial charge in [0.1, 0.15) is 5.82 Å². The van der Waals surface area contributed by atoms with Crippen LogP contribution < -0.4 is 0 Å². The molecule has 0 aromatic heterocycles. The Balaban J connectivity index is 3.43. The lowest BCUT2D eigenvalue weighted by atomic mass is 10.1. The molecule has 1 aromatic carbocycles. The van der Waals surface area contributed by atoms with E-state index in [1.165, 1.54) is 12.1 Å². The van der Waals surface area contributed by atoms with Crippen LogP contribution in [0.4, 0.5) is 10.1 Å². The Morgan fingerprint density at radius 3 is 2.62 bits per heavy atom. The quantitative estimate of drug-likeness (QED) is 0.458. The van der Waals surface area contributed by atoms with E-state index in [0.29, 0.717) is 5.56 Å². The molecule has 0 bridgehead atoms. The molecule has 0 spiro atoms. The fourth-order valence-corrected chi connectivity index (χ4v) is 1.64. The lowest BCUT2D eigenvalue weighted by Gasteiger charge is -2.02. The van der Waals surface area contributed by atoms with Crippen molar-refractivity contribution in [2.45, 2.75) is 12.3 Å². The number of rotatable bonds is 2. The molecule has 5 heteroatoms. The van der Waals surface area contributed by atoms with Crippen LogP contribution in [0.2, 0.25) is 0 Å². The second-order valence-electron chi connectivity index (χ2n) is 2.58. The van der Waals surface area contributed by atoms with Gasteiger partial charge in [-0.1, -0.05) is 15.9 Å². The SMILES string of the molecule is Cc1ccc(F)c(CBr)c1[N+](=O)[O-]. The molecule has 0 aliphatic rings. The second kappa shape index (κ2) is 3.83. The zero-order valence-electron chi connectivity index (χ0n) is 6.88. The highest BCUT2D eigenvalue weighted by atomic mass is 79.9. The fraction of sp³-hybridized carbons (Fsp3) is 0.250. The van der Waals surface area contributed by atoms with Crippen LogP contribution in [-0.2, 0) is 5.33 Å². The molecule has 0 saturated heterocycles. The van der Waals surface area contributed by atoms with Crippen molar-refractivity contribution in [2.75, 3.05) is 0 Å². The van der Waals surface area contributed by atoms with Crippen molar-refractivity contribution in [2.24, 2.45) is 0 Å². The van der Waals surface area contributed by atoms with Crippen molar-refractivity contribution in [3.05, 3.63) is 39.2 Å². The van der Waals surface area contributed by atoms with E-state index in [9.17, 15) is 14.5 Å². The number of halogens is 2. The van der Waals surface area contributed by atoms with Crippen molar-refractivity contribution in [1.82, 2.24) is 0 Å². The Bertz CT molecular complexity index is 354. The van der Waals surface area contributed by atoms with Crippen molar-refractivity contribution in [1.29, 1.82) is 0 Å². The molecule has 0 saturated carbocycles. The van der Waals surface area contributed by atoms with Crippen molar-refractivity contribution in [3.63, 3.8) is 0 Å². The van der Waals surface area contributed by atoms with Crippen molar-refractivity contribution in [3.8, 4) is 0 Å². The van der Waals surface area contributed by atoms with Gasteiger partial charge in [0.2, 0.25) is 0 Å². The third kappa shape index (κ3) is 1.85. The van der Waals surface area contributed by atoms with Crippen LogP contribution >= 0.6 is 15.9 Å². The number of aryl methyl sites for hydroxylation is 1. The lowest BCUT2D eigenvalue weighted by molar-refractivity contribution is -0.386. The van der Waals surface area contributed by atoms with E-state index in [-0.39, 0.29) is 16.6 Å². The largest absolute Gasteiger partial charge is 0.279 e. The normalized spacial score (nSPS) is 10.1. The predicted molar refractivity (Wildman–Crippen MR) is 50.4 cm³/mol. The van der Waals surface area contributed by atoms with Gasteiger partial charge in [-0.3, -0.25) is 10.1 Å². The van der Waals surface area contributed by atoms with Gasteiger partial charge in [0.15, 0.2) is 0 Å². The molecule has 0 radical (unpaired) electrons. The first kappa shape index (κ1) is 10.1. The summed E-state index contributed by atoms with van der Waals surface area (Å²) in [4.78, 5) is 10.0. The van der Waals surface area contributed by atoms with Crippen LogP contribution in [0.3, 0.4) is 0 Å². The average Bonchev–Trinajstić information content (AvgIpc) is 2.07. The van der Waals surface area contributed by atoms with Gasteiger partial charge in [-0.2, -0.15) is 0 Å². The standard InChI is InChI=1S/C8H7BrFNO2/c1-5-2-3-7(10)6(4-9)8(5)11(12)13/h2-3H,4H2,1H3. The van der Waals surface area contributed by atoms with Crippen LogP contribution in [0.25, 0.3) is 0 Å². The number of benzene rings is 1. The molecule has 70 valence electrons. The molecule has 1 rings (SSSR count). The second-order valence-corrected chi connectivity index (χ2v) is 3.14. The third-order valence-electron chi connectivity index (χ3n) is 1.74. The van der Waals surface area contributed by atoms with E-state index in [2.05, 4.69) is 15.9 Å². The van der Waals surface area contributed by atoms with Gasteiger partial charge in [-0.05, 0) is 19.1 Å². The Morgan fingerprint density at radius 2 is 2.23 bits per heavy atom. The summed E-state index contributed by atoms with van der Waals surface area (Å²) in [5.74, 6) is -0.547. The summed E-state index contributed by atoms with van der Waals surface area (Å²) < 4.78 is 13.1. The van der Waals surface area contributed by atoms with Crippen LogP contribution in [0, 0.1) is 22.9 Å². The molecule has 13 heavy (non-hydrogen) atoms. The maximum atomic E-state index is 13.1. The van der Waals surface area contributed by atoms with Gasteiger partial charge in [0.25, 0.3) is 5.69 Å². The number of hydrogen-bond donors (Lipinski definition) is 0. The fourth-order valence-electron chi connectivity index (χ4n) is 1.11. The molecule has 1 aromatic rings. The molecule has 0 heterocycles. The topological polar surface area (TPSA) is 43.1 Å². The summed E-state index contributed by atoms with van der Waals surface area (Å²) in [7, 11) is 0. The number of alkyl halides is 1. The minimum absolute atomic E-state index is 0.102. The van der Waals surface area contributed by atoms with E-state index in [1.54, 1.807) is 6.92 Å². The monoisotopic (exact) mass is 247 g/mol. The summed E-state index contributed by atoms with van der Waals surface area (Å²) in [6, 6.07) is 2.64. The lowest BCUT2D eigenvalue weighted by Crippen LogP contribution is -1.99. The Morgan fingerprint density at radius 1 is 1.62 bits per heavy atom. The van der Waals surface area contributed by atoms with Crippen LogP contribution in [0.5, 0.6) is 0 Å². The van der Waals surface area contributed by atoms with Crippen molar-refractivity contribution >= 4 is 21.6 Å². The first-order valence-corrected chi connectivity index (χ1v) is 4.68. The summed E-state index contributed by atoms with van der Waals surface area (Å²) >= 11 is 3.02. The molecule has 0 amide bonds. The zero-order valence-corrected chi connectivity index (χ0v) is 8.47. The molecule has 0 N–H and O–H groups in total. The zero-order chi connectivity index (χ0) is 10.0.